The van der Waals surface area contributed by atoms with E-state index in [-0.39, 0.29) is 5.97 Å². The molecule has 3 rings (SSSR count). The zero-order chi connectivity index (χ0) is 14.2. The predicted octanol–water partition coefficient (Wildman–Crippen LogP) is 2.62. The summed E-state index contributed by atoms with van der Waals surface area (Å²) in [6, 6.07) is 10.1. The van der Waals surface area contributed by atoms with Crippen molar-refractivity contribution in [2.24, 2.45) is 5.41 Å². The molecule has 1 aliphatic heterocycles. The third kappa shape index (κ3) is 2.01. The highest BCUT2D eigenvalue weighted by atomic mass is 16.5. The number of ether oxygens (including phenoxy) is 1. The Morgan fingerprint density at radius 3 is 2.95 bits per heavy atom. The zero-order valence-electron chi connectivity index (χ0n) is 11.8. The highest BCUT2D eigenvalue weighted by molar-refractivity contribution is 5.92. The van der Waals surface area contributed by atoms with Gasteiger partial charge >= 0.3 is 5.97 Å². The minimum atomic E-state index is -0.418. The number of nitrogens with zero attached hydrogens (tertiary/aromatic N) is 2. The van der Waals surface area contributed by atoms with E-state index in [0.717, 1.165) is 29.6 Å². The molecule has 1 unspecified atom stereocenters. The predicted molar refractivity (Wildman–Crippen MR) is 78.7 cm³/mol. The second-order valence-corrected chi connectivity index (χ2v) is 5.57. The van der Waals surface area contributed by atoms with E-state index in [1.165, 1.54) is 7.11 Å². The van der Waals surface area contributed by atoms with Gasteiger partial charge in [0.1, 0.15) is 0 Å². The number of para-hydroxylation sites is 1. The lowest BCUT2D eigenvalue weighted by molar-refractivity contribution is -0.150. The third-order valence-electron chi connectivity index (χ3n) is 4.12. The minimum absolute atomic E-state index is 0.127. The van der Waals surface area contributed by atoms with E-state index in [4.69, 9.17) is 4.74 Å². The second-order valence-electron chi connectivity index (χ2n) is 5.57. The number of hydrogen-bond donors (Lipinski definition) is 0. The van der Waals surface area contributed by atoms with Crippen LogP contribution in [0.1, 0.15) is 13.3 Å². The van der Waals surface area contributed by atoms with Crippen LogP contribution in [0.4, 0.5) is 5.69 Å². The molecule has 1 atom stereocenters. The van der Waals surface area contributed by atoms with Gasteiger partial charge in [0.2, 0.25) is 0 Å². The Morgan fingerprint density at radius 1 is 1.35 bits per heavy atom. The maximum absolute atomic E-state index is 11.9. The van der Waals surface area contributed by atoms with E-state index in [1.54, 1.807) is 0 Å². The van der Waals surface area contributed by atoms with Gasteiger partial charge in [-0.3, -0.25) is 9.78 Å². The number of anilines is 1. The molecular formula is C16H18N2O2. The fourth-order valence-electron chi connectivity index (χ4n) is 2.94. The molecule has 0 amide bonds. The van der Waals surface area contributed by atoms with Crippen LogP contribution in [0.5, 0.6) is 0 Å². The summed E-state index contributed by atoms with van der Waals surface area (Å²) in [6.45, 7) is 3.52. The Hall–Kier alpha value is -2.10. The topological polar surface area (TPSA) is 42.4 Å². The van der Waals surface area contributed by atoms with Gasteiger partial charge in [0.25, 0.3) is 0 Å². The van der Waals surface area contributed by atoms with E-state index in [1.807, 2.05) is 37.4 Å². The number of esters is 1. The number of fused-ring (bicyclic) bond motifs is 1. The van der Waals surface area contributed by atoms with Crippen molar-refractivity contribution in [3.63, 3.8) is 0 Å². The minimum Gasteiger partial charge on any atom is -0.469 e. The molecule has 2 aromatic rings. The smallest absolute Gasteiger partial charge is 0.313 e. The van der Waals surface area contributed by atoms with Crippen molar-refractivity contribution in [3.8, 4) is 0 Å². The van der Waals surface area contributed by atoms with Crippen molar-refractivity contribution < 1.29 is 9.53 Å². The molecule has 0 N–H and O–H groups in total. The van der Waals surface area contributed by atoms with Gasteiger partial charge in [0.15, 0.2) is 0 Å². The SMILES string of the molecule is COC(=O)C1(C)CCN(c2ccnc3ccccc23)C1. The maximum atomic E-state index is 11.9. The average Bonchev–Trinajstić information content (AvgIpc) is 2.89. The monoisotopic (exact) mass is 270 g/mol. The van der Waals surface area contributed by atoms with Gasteiger partial charge < -0.3 is 9.64 Å². The van der Waals surface area contributed by atoms with Gasteiger partial charge in [-0.25, -0.2) is 0 Å². The van der Waals surface area contributed by atoms with Gasteiger partial charge in [-0.2, -0.15) is 0 Å². The first-order chi connectivity index (χ1) is 9.64. The molecule has 1 fully saturated rings. The van der Waals surface area contributed by atoms with Crippen molar-refractivity contribution in [2.45, 2.75) is 13.3 Å². The average molecular weight is 270 g/mol. The molecule has 1 saturated heterocycles. The Balaban J connectivity index is 1.96. The fourth-order valence-corrected chi connectivity index (χ4v) is 2.94. The molecule has 0 radical (unpaired) electrons. The standard InChI is InChI=1S/C16H18N2O2/c1-16(15(19)20-2)8-10-18(11-16)14-7-9-17-13-6-4-3-5-12(13)14/h3-7,9H,8,10-11H2,1-2H3. The Kier molecular flexibility index (Phi) is 3.08. The zero-order valence-corrected chi connectivity index (χ0v) is 11.8. The van der Waals surface area contributed by atoms with Crippen molar-refractivity contribution in [2.75, 3.05) is 25.1 Å². The number of rotatable bonds is 2. The number of aromatic nitrogens is 1. The molecule has 0 aliphatic carbocycles. The normalized spacial score (nSPS) is 22.2. The van der Waals surface area contributed by atoms with E-state index >= 15 is 0 Å². The lowest BCUT2D eigenvalue weighted by atomic mass is 9.90. The van der Waals surface area contributed by atoms with Gasteiger partial charge in [-0.1, -0.05) is 18.2 Å². The van der Waals surface area contributed by atoms with E-state index in [2.05, 4.69) is 16.0 Å². The highest BCUT2D eigenvalue weighted by Crippen LogP contribution is 2.36. The molecule has 0 spiro atoms. The van der Waals surface area contributed by atoms with E-state index < -0.39 is 5.41 Å². The van der Waals surface area contributed by atoms with Gasteiger partial charge in [-0.15, -0.1) is 0 Å². The number of pyridine rings is 1. The molecule has 20 heavy (non-hydrogen) atoms. The Morgan fingerprint density at radius 2 is 2.15 bits per heavy atom. The van der Waals surface area contributed by atoms with E-state index in [9.17, 15) is 4.79 Å². The van der Waals surface area contributed by atoms with Crippen LogP contribution in [-0.4, -0.2) is 31.2 Å². The summed E-state index contributed by atoms with van der Waals surface area (Å²) in [6.07, 6.45) is 2.64. The first kappa shape index (κ1) is 12.9. The van der Waals surface area contributed by atoms with E-state index in [0.29, 0.717) is 6.54 Å². The molecule has 4 heteroatoms. The number of carbonyl (C=O) groups is 1. The lowest BCUT2D eigenvalue weighted by Gasteiger charge is -2.24. The summed E-state index contributed by atoms with van der Waals surface area (Å²) in [5, 5.41) is 1.13. The second kappa shape index (κ2) is 4.78. The van der Waals surface area contributed by atoms with Crippen LogP contribution in [0.2, 0.25) is 0 Å². The molecule has 0 saturated carbocycles. The summed E-state index contributed by atoms with van der Waals surface area (Å²) in [7, 11) is 1.46. The molecule has 0 bridgehead atoms. The quantitative estimate of drug-likeness (QED) is 0.787. The van der Waals surface area contributed by atoms with Crippen LogP contribution in [0.3, 0.4) is 0 Å². The summed E-state index contributed by atoms with van der Waals surface area (Å²) >= 11 is 0. The first-order valence-corrected chi connectivity index (χ1v) is 6.81. The highest BCUT2D eigenvalue weighted by Gasteiger charge is 2.41. The van der Waals surface area contributed by atoms with Crippen molar-refractivity contribution >= 4 is 22.6 Å². The molecular weight excluding hydrogens is 252 g/mol. The molecule has 4 nitrogen and oxygen atoms in total. The Bertz CT molecular complexity index is 650. The number of benzene rings is 1. The van der Waals surface area contributed by atoms with Crippen molar-refractivity contribution in [1.29, 1.82) is 0 Å². The largest absolute Gasteiger partial charge is 0.469 e. The molecule has 1 aromatic carbocycles. The van der Waals surface area contributed by atoms with Crippen LogP contribution in [0, 0.1) is 5.41 Å². The number of hydrogen-bond acceptors (Lipinski definition) is 4. The van der Waals surface area contributed by atoms with Gasteiger partial charge in [-0.05, 0) is 25.5 Å². The van der Waals surface area contributed by atoms with Crippen LogP contribution in [0.15, 0.2) is 36.5 Å². The maximum Gasteiger partial charge on any atom is 0.313 e. The number of methoxy groups -OCH3 is 1. The van der Waals surface area contributed by atoms with Crippen molar-refractivity contribution in [3.05, 3.63) is 36.5 Å². The molecule has 104 valence electrons. The summed E-state index contributed by atoms with van der Waals surface area (Å²) in [4.78, 5) is 18.5. The van der Waals surface area contributed by atoms with Gasteiger partial charge in [0.05, 0.1) is 18.0 Å². The van der Waals surface area contributed by atoms with Crippen LogP contribution < -0.4 is 4.90 Å². The van der Waals surface area contributed by atoms with Gasteiger partial charge in [0, 0.05) is 30.4 Å². The molecule has 1 aliphatic rings. The first-order valence-electron chi connectivity index (χ1n) is 6.81. The summed E-state index contributed by atoms with van der Waals surface area (Å²) in [5.41, 5.74) is 1.71. The van der Waals surface area contributed by atoms with Crippen molar-refractivity contribution in [1.82, 2.24) is 4.98 Å². The van der Waals surface area contributed by atoms with Crippen LogP contribution in [-0.2, 0) is 9.53 Å². The molecule has 2 heterocycles. The lowest BCUT2D eigenvalue weighted by Crippen LogP contribution is -2.33. The third-order valence-corrected chi connectivity index (χ3v) is 4.12. The molecule has 1 aromatic heterocycles. The van der Waals surface area contributed by atoms with Crippen LogP contribution in [0.25, 0.3) is 10.9 Å². The van der Waals surface area contributed by atoms with Crippen LogP contribution >= 0.6 is 0 Å². The summed E-state index contributed by atoms with van der Waals surface area (Å²) in [5.74, 6) is -0.127. The summed E-state index contributed by atoms with van der Waals surface area (Å²) < 4.78 is 4.93. The number of carbonyl (C=O) groups excluding carboxylic acids is 1. The fraction of sp³-hybridized carbons (Fsp3) is 0.375. The Labute approximate surface area is 118 Å².